The minimum Gasteiger partial charge on any atom is -0.484 e. The van der Waals surface area contributed by atoms with E-state index in [4.69, 9.17) is 4.74 Å². The number of para-hydroxylation sites is 2. The van der Waals surface area contributed by atoms with Gasteiger partial charge >= 0.3 is 0 Å². The Hall–Kier alpha value is -3.42. The number of likely N-dealkylation sites (tertiary alicyclic amines) is 2. The van der Waals surface area contributed by atoms with E-state index in [0.29, 0.717) is 68.9 Å². The van der Waals surface area contributed by atoms with Gasteiger partial charge in [0.1, 0.15) is 17.2 Å². The number of piperidine rings is 2. The molecule has 0 aromatic heterocycles. The van der Waals surface area contributed by atoms with Gasteiger partial charge in [-0.3, -0.25) is 14.4 Å². The number of benzene rings is 2. The quantitative estimate of drug-likeness (QED) is 0.737. The van der Waals surface area contributed by atoms with E-state index in [0.717, 1.165) is 0 Å². The van der Waals surface area contributed by atoms with Crippen molar-refractivity contribution < 1.29 is 23.5 Å². The number of amides is 3. The number of carbonyl (C=O) groups excluding carboxylic acids is 3. The van der Waals surface area contributed by atoms with Gasteiger partial charge in [0.15, 0.2) is 0 Å². The lowest BCUT2D eigenvalue weighted by Gasteiger charge is -2.42. The monoisotopic (exact) mass is 465 g/mol. The van der Waals surface area contributed by atoms with E-state index in [-0.39, 0.29) is 35.9 Å². The van der Waals surface area contributed by atoms with E-state index >= 15 is 0 Å². The van der Waals surface area contributed by atoms with Crippen LogP contribution in [0, 0.1) is 11.7 Å². The summed E-state index contributed by atoms with van der Waals surface area (Å²) < 4.78 is 19.5. The lowest BCUT2D eigenvalue weighted by Crippen LogP contribution is -2.52. The summed E-state index contributed by atoms with van der Waals surface area (Å²) in [4.78, 5) is 41.9. The highest BCUT2D eigenvalue weighted by molar-refractivity contribution is 5.95. The van der Waals surface area contributed by atoms with Crippen LogP contribution in [0.15, 0.2) is 48.5 Å². The van der Waals surface area contributed by atoms with Gasteiger partial charge in [0, 0.05) is 50.5 Å². The molecular formula is C26H28FN3O4. The lowest BCUT2D eigenvalue weighted by atomic mass is 9.86. The minimum atomic E-state index is -0.599. The number of hydrogen-bond acceptors (Lipinski definition) is 4. The normalized spacial score (nSPS) is 20.2. The van der Waals surface area contributed by atoms with Gasteiger partial charge in [0.25, 0.3) is 5.91 Å². The number of anilines is 1. The summed E-state index contributed by atoms with van der Waals surface area (Å²) in [7, 11) is 0. The number of rotatable bonds is 2. The zero-order valence-electron chi connectivity index (χ0n) is 19.0. The van der Waals surface area contributed by atoms with Crippen LogP contribution < -0.4 is 10.1 Å². The van der Waals surface area contributed by atoms with Crippen LogP contribution in [0.1, 0.15) is 42.5 Å². The molecule has 3 aliphatic rings. The summed E-state index contributed by atoms with van der Waals surface area (Å²) in [6.07, 6.45) is 2.69. The van der Waals surface area contributed by atoms with Crippen molar-refractivity contribution in [2.75, 3.05) is 31.5 Å². The first-order valence-corrected chi connectivity index (χ1v) is 11.8. The summed E-state index contributed by atoms with van der Waals surface area (Å²) in [6.45, 7) is 2.10. The molecule has 1 spiro atoms. The molecule has 34 heavy (non-hydrogen) atoms. The molecule has 8 heteroatoms. The zero-order valence-corrected chi connectivity index (χ0v) is 19.0. The maximum atomic E-state index is 13.2. The summed E-state index contributed by atoms with van der Waals surface area (Å²) in [6, 6.07) is 13.0. The Morgan fingerprint density at radius 2 is 1.62 bits per heavy atom. The Labute approximate surface area is 197 Å². The maximum absolute atomic E-state index is 13.2. The van der Waals surface area contributed by atoms with Crippen LogP contribution in [-0.2, 0) is 9.59 Å². The van der Waals surface area contributed by atoms with Gasteiger partial charge in [0.2, 0.25) is 11.8 Å². The smallest absolute Gasteiger partial charge is 0.253 e. The molecule has 0 radical (unpaired) electrons. The molecule has 3 aliphatic heterocycles. The summed E-state index contributed by atoms with van der Waals surface area (Å²) in [5.74, 6) is 0.0972. The molecule has 3 heterocycles. The number of halogens is 1. The molecule has 7 nitrogen and oxygen atoms in total. The number of fused-ring (bicyclic) bond motifs is 1. The SMILES string of the molecule is O=C1CC2(CCN(C(=O)C3CCN(C(=O)c4ccc(F)cc4)CC3)CC2)Oc2ccccc2N1. The van der Waals surface area contributed by atoms with Crippen LogP contribution in [0.4, 0.5) is 10.1 Å². The van der Waals surface area contributed by atoms with Gasteiger partial charge in [-0.05, 0) is 49.2 Å². The Balaban J connectivity index is 1.16. The molecule has 5 rings (SSSR count). The summed E-state index contributed by atoms with van der Waals surface area (Å²) >= 11 is 0. The largest absolute Gasteiger partial charge is 0.484 e. The standard InChI is InChI=1S/C26H28FN3O4/c27-20-7-5-18(6-8-20)24(32)29-13-9-19(10-14-29)25(33)30-15-11-26(12-16-30)17-23(31)28-21-3-1-2-4-22(21)34-26/h1-8,19H,9-17H2,(H,28,31). The highest BCUT2D eigenvalue weighted by Crippen LogP contribution is 2.38. The fourth-order valence-electron chi connectivity index (χ4n) is 5.19. The third-order valence-electron chi connectivity index (χ3n) is 7.18. The van der Waals surface area contributed by atoms with Crippen LogP contribution in [-0.4, -0.2) is 59.3 Å². The fourth-order valence-corrected chi connectivity index (χ4v) is 5.19. The molecule has 2 saturated heterocycles. The van der Waals surface area contributed by atoms with Gasteiger partial charge < -0.3 is 19.9 Å². The Bertz CT molecular complexity index is 1090. The number of carbonyl (C=O) groups is 3. The second-order valence-corrected chi connectivity index (χ2v) is 9.40. The molecule has 0 aliphatic carbocycles. The molecule has 3 amide bonds. The van der Waals surface area contributed by atoms with Crippen molar-refractivity contribution in [3.05, 3.63) is 59.9 Å². The van der Waals surface area contributed by atoms with E-state index < -0.39 is 5.60 Å². The molecular weight excluding hydrogens is 437 g/mol. The number of hydrogen-bond donors (Lipinski definition) is 1. The number of ether oxygens (including phenoxy) is 1. The predicted octanol–water partition coefficient (Wildman–Crippen LogP) is 3.46. The van der Waals surface area contributed by atoms with Gasteiger partial charge in [0.05, 0.1) is 12.1 Å². The van der Waals surface area contributed by atoms with Gasteiger partial charge in [-0.2, -0.15) is 0 Å². The van der Waals surface area contributed by atoms with Crippen LogP contribution in [0.2, 0.25) is 0 Å². The second kappa shape index (κ2) is 9.08. The second-order valence-electron chi connectivity index (χ2n) is 9.40. The van der Waals surface area contributed by atoms with Gasteiger partial charge in [-0.25, -0.2) is 4.39 Å². The molecule has 178 valence electrons. The maximum Gasteiger partial charge on any atom is 0.253 e. The zero-order chi connectivity index (χ0) is 23.7. The van der Waals surface area contributed by atoms with Gasteiger partial charge in [-0.15, -0.1) is 0 Å². The molecule has 0 saturated carbocycles. The molecule has 2 fully saturated rings. The van der Waals surface area contributed by atoms with Crippen LogP contribution >= 0.6 is 0 Å². The van der Waals surface area contributed by atoms with Crippen LogP contribution in [0.25, 0.3) is 0 Å². The van der Waals surface area contributed by atoms with Crippen molar-refractivity contribution in [3.63, 3.8) is 0 Å². The lowest BCUT2D eigenvalue weighted by molar-refractivity contribution is -0.141. The van der Waals surface area contributed by atoms with Crippen molar-refractivity contribution in [3.8, 4) is 5.75 Å². The first kappa shape index (κ1) is 22.4. The Kier molecular flexibility index (Phi) is 5.98. The highest BCUT2D eigenvalue weighted by Gasteiger charge is 2.43. The van der Waals surface area contributed by atoms with Crippen LogP contribution in [0.5, 0.6) is 5.75 Å². The Morgan fingerprint density at radius 1 is 0.941 bits per heavy atom. The molecule has 0 atom stereocenters. The van der Waals surface area contributed by atoms with E-state index in [2.05, 4.69) is 5.32 Å². The summed E-state index contributed by atoms with van der Waals surface area (Å²) in [5, 5.41) is 2.91. The average molecular weight is 466 g/mol. The van der Waals surface area contributed by atoms with Crippen molar-refractivity contribution in [2.45, 2.75) is 37.7 Å². The summed E-state index contributed by atoms with van der Waals surface area (Å²) in [5.41, 5.74) is 0.546. The highest BCUT2D eigenvalue weighted by atomic mass is 19.1. The van der Waals surface area contributed by atoms with E-state index in [1.807, 2.05) is 29.2 Å². The van der Waals surface area contributed by atoms with Crippen LogP contribution in [0.3, 0.4) is 0 Å². The van der Waals surface area contributed by atoms with Crippen molar-refractivity contribution in [1.82, 2.24) is 9.80 Å². The topological polar surface area (TPSA) is 79.0 Å². The van der Waals surface area contributed by atoms with Gasteiger partial charge in [-0.1, -0.05) is 12.1 Å². The third-order valence-corrected chi connectivity index (χ3v) is 7.18. The third kappa shape index (κ3) is 4.49. The molecule has 0 unspecified atom stereocenters. The molecule has 2 aromatic rings. The van der Waals surface area contributed by atoms with E-state index in [9.17, 15) is 18.8 Å². The van der Waals surface area contributed by atoms with Crippen molar-refractivity contribution >= 4 is 23.4 Å². The molecule has 1 N–H and O–H groups in total. The first-order valence-electron chi connectivity index (χ1n) is 11.8. The molecule has 0 bridgehead atoms. The number of nitrogens with zero attached hydrogens (tertiary/aromatic N) is 2. The minimum absolute atomic E-state index is 0.0667. The first-order chi connectivity index (χ1) is 16.4. The average Bonchev–Trinajstić information content (AvgIpc) is 2.99. The predicted molar refractivity (Wildman–Crippen MR) is 124 cm³/mol. The molecule has 2 aromatic carbocycles. The van der Waals surface area contributed by atoms with E-state index in [1.54, 1.807) is 4.90 Å². The van der Waals surface area contributed by atoms with Crippen molar-refractivity contribution in [1.29, 1.82) is 0 Å². The van der Waals surface area contributed by atoms with E-state index in [1.165, 1.54) is 24.3 Å². The van der Waals surface area contributed by atoms with Crippen molar-refractivity contribution in [2.24, 2.45) is 5.92 Å². The number of nitrogens with one attached hydrogen (secondary N) is 1. The fraction of sp³-hybridized carbons (Fsp3) is 0.423. The Morgan fingerprint density at radius 3 is 2.32 bits per heavy atom.